The maximum atomic E-state index is 14.0. The number of anilines is 2. The lowest BCUT2D eigenvalue weighted by Crippen LogP contribution is -2.48. The van der Waals surface area contributed by atoms with Gasteiger partial charge in [-0.2, -0.15) is 0 Å². The highest BCUT2D eigenvalue weighted by Gasteiger charge is 2.34. The summed E-state index contributed by atoms with van der Waals surface area (Å²) >= 11 is 6.45. The molecule has 1 saturated heterocycles. The van der Waals surface area contributed by atoms with Crippen molar-refractivity contribution in [1.82, 2.24) is 0 Å². The lowest BCUT2D eigenvalue weighted by atomic mass is 9.92. The molecule has 0 spiro atoms. The Morgan fingerprint density at radius 1 is 1.23 bits per heavy atom. The zero-order valence-electron chi connectivity index (χ0n) is 17.0. The van der Waals surface area contributed by atoms with Crippen LogP contribution in [0.5, 0.6) is 5.75 Å². The highest BCUT2D eigenvalue weighted by Crippen LogP contribution is 2.36. The fraction of sp³-hybridized carbons (Fsp3) is 0.435. The van der Waals surface area contributed by atoms with Crippen molar-refractivity contribution in [3.05, 3.63) is 52.3 Å². The van der Waals surface area contributed by atoms with E-state index in [0.717, 1.165) is 17.1 Å². The minimum absolute atomic E-state index is 0.120. The molecule has 2 aliphatic heterocycles. The van der Waals surface area contributed by atoms with E-state index in [0.29, 0.717) is 50.1 Å². The molecule has 0 aromatic heterocycles. The topological polar surface area (TPSA) is 61.8 Å². The summed E-state index contributed by atoms with van der Waals surface area (Å²) in [6, 6.07) is 8.98. The first kappa shape index (κ1) is 20.9. The molecule has 0 bridgehead atoms. The van der Waals surface area contributed by atoms with E-state index in [-0.39, 0.29) is 18.2 Å². The number of rotatable bonds is 5. The third-order valence-electron chi connectivity index (χ3n) is 6.04. The van der Waals surface area contributed by atoms with Gasteiger partial charge in [-0.05, 0) is 55.5 Å². The van der Waals surface area contributed by atoms with E-state index in [9.17, 15) is 14.3 Å². The van der Waals surface area contributed by atoms with Gasteiger partial charge in [0.05, 0.1) is 16.4 Å². The van der Waals surface area contributed by atoms with Crippen LogP contribution in [0, 0.1) is 5.82 Å². The Balaban J connectivity index is 1.40. The monoisotopic (exact) mass is 432 g/mol. The van der Waals surface area contributed by atoms with E-state index in [1.54, 1.807) is 6.07 Å². The molecular formula is C23H26ClFN2O3. The van der Waals surface area contributed by atoms with Crippen molar-refractivity contribution in [3.8, 4) is 5.75 Å². The molecule has 2 heterocycles. The third kappa shape index (κ3) is 4.25. The maximum absolute atomic E-state index is 14.0. The smallest absolute Gasteiger partial charge is 0.224 e. The van der Waals surface area contributed by atoms with E-state index in [4.69, 9.17) is 16.3 Å². The van der Waals surface area contributed by atoms with Gasteiger partial charge < -0.3 is 20.1 Å². The predicted molar refractivity (Wildman–Crippen MR) is 116 cm³/mol. The van der Waals surface area contributed by atoms with Gasteiger partial charge in [0.1, 0.15) is 23.8 Å². The number of carbonyl (C=O) groups is 1. The average Bonchev–Trinajstić information content (AvgIpc) is 2.74. The zero-order chi connectivity index (χ0) is 21.3. The largest absolute Gasteiger partial charge is 0.490 e. The molecule has 2 aromatic carbocycles. The van der Waals surface area contributed by atoms with Crippen molar-refractivity contribution in [2.24, 2.45) is 0 Å². The van der Waals surface area contributed by atoms with Crippen molar-refractivity contribution < 1.29 is 19.0 Å². The summed E-state index contributed by atoms with van der Waals surface area (Å²) in [6.45, 7) is 3.55. The van der Waals surface area contributed by atoms with Crippen LogP contribution in [0.1, 0.15) is 37.3 Å². The normalized spacial score (nSPS) is 18.0. The molecule has 160 valence electrons. The van der Waals surface area contributed by atoms with Gasteiger partial charge in [-0.3, -0.25) is 4.79 Å². The molecule has 7 heteroatoms. The molecule has 2 N–H and O–H groups in total. The Kier molecular flexibility index (Phi) is 5.89. The molecular weight excluding hydrogens is 407 g/mol. The Morgan fingerprint density at radius 2 is 2.00 bits per heavy atom. The summed E-state index contributed by atoms with van der Waals surface area (Å²) in [6.07, 6.45) is 2.74. The second-order valence-electron chi connectivity index (χ2n) is 8.09. The number of fused-ring (bicyclic) bond motifs is 1. The molecule has 1 fully saturated rings. The Bertz CT molecular complexity index is 958. The Morgan fingerprint density at radius 3 is 2.70 bits per heavy atom. The van der Waals surface area contributed by atoms with Crippen LogP contribution in [0.3, 0.4) is 0 Å². The molecule has 0 aliphatic carbocycles. The van der Waals surface area contributed by atoms with Gasteiger partial charge >= 0.3 is 0 Å². The Labute approximate surface area is 180 Å². The number of halogens is 2. The molecule has 2 aliphatic rings. The van der Waals surface area contributed by atoms with Crippen LogP contribution in [0.25, 0.3) is 0 Å². The second-order valence-corrected chi connectivity index (χ2v) is 8.49. The lowest BCUT2D eigenvalue weighted by molar-refractivity contribution is -0.116. The number of amides is 1. The highest BCUT2D eigenvalue weighted by atomic mass is 35.5. The maximum Gasteiger partial charge on any atom is 0.224 e. The fourth-order valence-corrected chi connectivity index (χ4v) is 4.43. The standard InChI is InChI=1S/C23H26ClFN2O3/c1-2-15-3-6-19(17(24)13-15)27-11-9-23(29,10-12-27)14-30-20-7-5-18(25)22-16(20)4-8-21(28)26-22/h3,5-7,13,29H,2,4,8-12,14H2,1H3,(H,26,28). The summed E-state index contributed by atoms with van der Waals surface area (Å²) in [5.74, 6) is -0.154. The van der Waals surface area contributed by atoms with Crippen LogP contribution in [0.4, 0.5) is 15.8 Å². The minimum Gasteiger partial charge on any atom is -0.490 e. The van der Waals surface area contributed by atoms with E-state index in [1.807, 2.05) is 12.1 Å². The lowest BCUT2D eigenvalue weighted by Gasteiger charge is -2.39. The van der Waals surface area contributed by atoms with Crippen LogP contribution >= 0.6 is 11.6 Å². The number of hydrogen-bond donors (Lipinski definition) is 2. The van der Waals surface area contributed by atoms with Crippen LogP contribution in [0.15, 0.2) is 30.3 Å². The average molecular weight is 433 g/mol. The van der Waals surface area contributed by atoms with Crippen molar-refractivity contribution in [2.45, 2.75) is 44.6 Å². The minimum atomic E-state index is -0.967. The van der Waals surface area contributed by atoms with Gasteiger partial charge in [0.2, 0.25) is 5.91 Å². The zero-order valence-corrected chi connectivity index (χ0v) is 17.8. The number of aryl methyl sites for hydroxylation is 1. The molecule has 0 unspecified atom stereocenters. The van der Waals surface area contributed by atoms with Gasteiger partial charge in [-0.15, -0.1) is 0 Å². The van der Waals surface area contributed by atoms with Gasteiger partial charge in [0.15, 0.2) is 0 Å². The number of aliphatic hydroxyl groups is 1. The molecule has 0 saturated carbocycles. The molecule has 1 amide bonds. The summed E-state index contributed by atoms with van der Waals surface area (Å²) in [4.78, 5) is 13.8. The summed E-state index contributed by atoms with van der Waals surface area (Å²) in [5, 5.41) is 14.3. The number of ether oxygens (including phenoxy) is 1. The van der Waals surface area contributed by atoms with Crippen LogP contribution in [-0.2, 0) is 17.6 Å². The quantitative estimate of drug-likeness (QED) is 0.738. The summed E-state index contributed by atoms with van der Waals surface area (Å²) in [5.41, 5.74) is 2.06. The molecule has 0 atom stereocenters. The predicted octanol–water partition coefficient (Wildman–Crippen LogP) is 4.34. The number of piperidine rings is 1. The van der Waals surface area contributed by atoms with Crippen molar-refractivity contribution >= 4 is 28.9 Å². The van der Waals surface area contributed by atoms with Crippen LogP contribution in [-0.4, -0.2) is 36.3 Å². The SMILES string of the molecule is CCc1ccc(N2CCC(O)(COc3ccc(F)c4c3CCC(=O)N4)CC2)c(Cl)c1. The number of benzene rings is 2. The number of nitrogens with zero attached hydrogens (tertiary/aromatic N) is 1. The van der Waals surface area contributed by atoms with Crippen molar-refractivity contribution in [2.75, 3.05) is 29.9 Å². The van der Waals surface area contributed by atoms with Gasteiger partial charge in [-0.1, -0.05) is 24.6 Å². The molecule has 5 nitrogen and oxygen atoms in total. The number of nitrogens with one attached hydrogen (secondary N) is 1. The summed E-state index contributed by atoms with van der Waals surface area (Å²) < 4.78 is 20.0. The van der Waals surface area contributed by atoms with E-state index in [1.165, 1.54) is 11.6 Å². The summed E-state index contributed by atoms with van der Waals surface area (Å²) in [7, 11) is 0. The molecule has 30 heavy (non-hydrogen) atoms. The van der Waals surface area contributed by atoms with E-state index < -0.39 is 11.4 Å². The molecule has 0 radical (unpaired) electrons. The van der Waals surface area contributed by atoms with Gasteiger partial charge in [0.25, 0.3) is 0 Å². The van der Waals surface area contributed by atoms with Gasteiger partial charge in [-0.25, -0.2) is 4.39 Å². The first-order valence-electron chi connectivity index (χ1n) is 10.4. The molecule has 2 aromatic rings. The van der Waals surface area contributed by atoms with Crippen molar-refractivity contribution in [1.29, 1.82) is 0 Å². The number of carbonyl (C=O) groups excluding carboxylic acids is 1. The van der Waals surface area contributed by atoms with Crippen molar-refractivity contribution in [3.63, 3.8) is 0 Å². The highest BCUT2D eigenvalue weighted by molar-refractivity contribution is 6.33. The fourth-order valence-electron chi connectivity index (χ4n) is 4.11. The first-order chi connectivity index (χ1) is 14.4. The van der Waals surface area contributed by atoms with E-state index in [2.05, 4.69) is 23.2 Å². The molecule has 4 rings (SSSR count). The van der Waals surface area contributed by atoms with E-state index >= 15 is 0 Å². The second kappa shape index (κ2) is 8.44. The Hall–Kier alpha value is -2.31. The first-order valence-corrected chi connectivity index (χ1v) is 10.8. The van der Waals surface area contributed by atoms with Crippen LogP contribution in [0.2, 0.25) is 5.02 Å². The number of hydrogen-bond acceptors (Lipinski definition) is 4. The van der Waals surface area contributed by atoms with Crippen LogP contribution < -0.4 is 15.0 Å². The van der Waals surface area contributed by atoms with Gasteiger partial charge in [0, 0.05) is 25.1 Å². The third-order valence-corrected chi connectivity index (χ3v) is 6.34.